The van der Waals surface area contributed by atoms with Gasteiger partial charge in [-0.25, -0.2) is 4.79 Å². The summed E-state index contributed by atoms with van der Waals surface area (Å²) in [5.74, 6) is -0.0580. The lowest BCUT2D eigenvalue weighted by Gasteiger charge is -2.38. The number of hydrogen-bond acceptors (Lipinski definition) is 3. The Morgan fingerprint density at radius 1 is 1.38 bits per heavy atom. The van der Waals surface area contributed by atoms with Gasteiger partial charge >= 0.3 is 6.03 Å². The molecule has 0 aromatic carbocycles. The molecule has 0 bridgehead atoms. The largest absolute Gasteiger partial charge is 0.379 e. The maximum Gasteiger partial charge on any atom is 0.327 e. The van der Waals surface area contributed by atoms with Crippen molar-refractivity contribution in [3.63, 3.8) is 0 Å². The first kappa shape index (κ1) is 11.4. The van der Waals surface area contributed by atoms with Crippen molar-refractivity contribution >= 4 is 11.9 Å². The molecule has 0 aliphatic carbocycles. The molecule has 5 nitrogen and oxygen atoms in total. The Kier molecular flexibility index (Phi) is 3.14. The van der Waals surface area contributed by atoms with Crippen molar-refractivity contribution in [3.05, 3.63) is 0 Å². The number of amides is 3. The van der Waals surface area contributed by atoms with Gasteiger partial charge in [-0.2, -0.15) is 0 Å². The predicted molar refractivity (Wildman–Crippen MR) is 57.9 cm³/mol. The van der Waals surface area contributed by atoms with E-state index < -0.39 is 0 Å². The Labute approximate surface area is 95.3 Å². The molecule has 2 fully saturated rings. The number of hydrogen-bond donors (Lipinski definition) is 0. The summed E-state index contributed by atoms with van der Waals surface area (Å²) in [7, 11) is 0. The van der Waals surface area contributed by atoms with Gasteiger partial charge in [-0.15, -0.1) is 0 Å². The van der Waals surface area contributed by atoms with Gasteiger partial charge in [0.15, 0.2) is 0 Å². The van der Waals surface area contributed by atoms with Crippen molar-refractivity contribution in [2.24, 2.45) is 0 Å². The van der Waals surface area contributed by atoms with Crippen LogP contribution in [0.4, 0.5) is 4.79 Å². The number of carbonyl (C=O) groups is 2. The Morgan fingerprint density at radius 2 is 2.12 bits per heavy atom. The maximum atomic E-state index is 12.1. The number of ether oxygens (including phenoxy) is 1. The molecule has 1 atom stereocenters. The highest BCUT2D eigenvalue weighted by Gasteiger charge is 2.39. The first-order valence-corrected chi connectivity index (χ1v) is 5.81. The van der Waals surface area contributed by atoms with Crippen LogP contribution in [-0.4, -0.2) is 53.6 Å². The van der Waals surface area contributed by atoms with Crippen LogP contribution in [0.1, 0.15) is 26.7 Å². The topological polar surface area (TPSA) is 49.9 Å². The van der Waals surface area contributed by atoms with E-state index in [0.29, 0.717) is 26.2 Å². The highest BCUT2D eigenvalue weighted by atomic mass is 16.5. The second-order valence-corrected chi connectivity index (χ2v) is 4.60. The van der Waals surface area contributed by atoms with Crippen molar-refractivity contribution in [2.75, 3.05) is 19.8 Å². The lowest BCUT2D eigenvalue weighted by atomic mass is 10.1. The average molecular weight is 226 g/mol. The molecule has 0 spiro atoms. The van der Waals surface area contributed by atoms with Gasteiger partial charge in [-0.3, -0.25) is 9.69 Å². The van der Waals surface area contributed by atoms with Crippen molar-refractivity contribution in [3.8, 4) is 0 Å². The van der Waals surface area contributed by atoms with Gasteiger partial charge in [0.05, 0.1) is 12.6 Å². The van der Waals surface area contributed by atoms with Gasteiger partial charge in [0, 0.05) is 25.6 Å². The molecule has 2 heterocycles. The summed E-state index contributed by atoms with van der Waals surface area (Å²) >= 11 is 0. The minimum Gasteiger partial charge on any atom is -0.379 e. The Balaban J connectivity index is 2.13. The molecular formula is C11H18N2O3. The molecule has 5 heteroatoms. The maximum absolute atomic E-state index is 12.1. The molecule has 2 aliphatic rings. The Hall–Kier alpha value is -1.10. The van der Waals surface area contributed by atoms with Crippen molar-refractivity contribution < 1.29 is 14.3 Å². The quantitative estimate of drug-likeness (QED) is 0.701. The van der Waals surface area contributed by atoms with Gasteiger partial charge in [-0.1, -0.05) is 0 Å². The normalized spacial score (nSPS) is 27.1. The van der Waals surface area contributed by atoms with Crippen LogP contribution >= 0.6 is 0 Å². The fourth-order valence-corrected chi connectivity index (χ4v) is 2.24. The number of urea groups is 1. The second kappa shape index (κ2) is 4.41. The van der Waals surface area contributed by atoms with E-state index in [-0.39, 0.29) is 24.0 Å². The third-order valence-corrected chi connectivity index (χ3v) is 3.18. The second-order valence-electron chi connectivity index (χ2n) is 4.60. The standard InChI is InChI=1S/C11H18N2O3/c1-8(2)12-5-3-10(14)13(11(12)15)9-4-6-16-7-9/h8-9H,3-7H2,1-2H3. The monoisotopic (exact) mass is 226 g/mol. The fourth-order valence-electron chi connectivity index (χ4n) is 2.24. The van der Waals surface area contributed by atoms with Crippen LogP contribution in [0.15, 0.2) is 0 Å². The van der Waals surface area contributed by atoms with Crippen LogP contribution in [0.5, 0.6) is 0 Å². The number of rotatable bonds is 2. The smallest absolute Gasteiger partial charge is 0.327 e. The minimum absolute atomic E-state index is 0.0541. The van der Waals surface area contributed by atoms with Crippen LogP contribution in [-0.2, 0) is 9.53 Å². The minimum atomic E-state index is -0.151. The Bertz CT molecular complexity index is 298. The Morgan fingerprint density at radius 3 is 2.69 bits per heavy atom. The highest BCUT2D eigenvalue weighted by Crippen LogP contribution is 2.21. The summed E-state index contributed by atoms with van der Waals surface area (Å²) in [4.78, 5) is 27.1. The molecule has 3 amide bonds. The van der Waals surface area contributed by atoms with Gasteiger partial charge in [0.1, 0.15) is 0 Å². The van der Waals surface area contributed by atoms with Gasteiger partial charge < -0.3 is 9.64 Å². The molecule has 90 valence electrons. The molecule has 1 unspecified atom stereocenters. The van der Waals surface area contributed by atoms with E-state index in [2.05, 4.69) is 0 Å². The first-order valence-electron chi connectivity index (χ1n) is 5.81. The van der Waals surface area contributed by atoms with E-state index in [1.165, 1.54) is 4.90 Å². The van der Waals surface area contributed by atoms with Gasteiger partial charge in [0.2, 0.25) is 5.91 Å². The fraction of sp³-hybridized carbons (Fsp3) is 0.818. The molecular weight excluding hydrogens is 208 g/mol. The van der Waals surface area contributed by atoms with E-state index in [1.54, 1.807) is 4.90 Å². The first-order chi connectivity index (χ1) is 7.61. The van der Waals surface area contributed by atoms with Gasteiger partial charge in [0.25, 0.3) is 0 Å². The van der Waals surface area contributed by atoms with E-state index >= 15 is 0 Å². The summed E-state index contributed by atoms with van der Waals surface area (Å²) < 4.78 is 5.24. The zero-order valence-electron chi connectivity index (χ0n) is 9.81. The van der Waals surface area contributed by atoms with Crippen LogP contribution in [0.2, 0.25) is 0 Å². The molecule has 0 N–H and O–H groups in total. The number of nitrogens with zero attached hydrogens (tertiary/aromatic N) is 2. The predicted octanol–water partition coefficient (Wildman–Crippen LogP) is 0.838. The molecule has 0 aromatic rings. The summed E-state index contributed by atoms with van der Waals surface area (Å²) in [5, 5.41) is 0. The van der Waals surface area contributed by atoms with Crippen LogP contribution in [0.3, 0.4) is 0 Å². The number of carbonyl (C=O) groups excluding carboxylic acids is 2. The molecule has 0 radical (unpaired) electrons. The third-order valence-electron chi connectivity index (χ3n) is 3.18. The van der Waals surface area contributed by atoms with Crippen molar-refractivity contribution in [2.45, 2.75) is 38.8 Å². The summed E-state index contributed by atoms with van der Waals surface area (Å²) in [6.07, 6.45) is 1.20. The van der Waals surface area contributed by atoms with Crippen LogP contribution in [0, 0.1) is 0 Å². The zero-order valence-corrected chi connectivity index (χ0v) is 9.81. The summed E-state index contributed by atoms with van der Waals surface area (Å²) in [6, 6.07) is -0.0614. The zero-order chi connectivity index (χ0) is 11.7. The van der Waals surface area contributed by atoms with E-state index in [1.807, 2.05) is 13.8 Å². The molecule has 2 saturated heterocycles. The molecule has 2 aliphatic heterocycles. The molecule has 0 saturated carbocycles. The SMILES string of the molecule is CC(C)N1CCC(=O)N(C2CCOC2)C1=O. The van der Waals surface area contributed by atoms with Crippen LogP contribution < -0.4 is 0 Å². The van der Waals surface area contributed by atoms with Crippen molar-refractivity contribution in [1.82, 2.24) is 9.80 Å². The number of imide groups is 1. The van der Waals surface area contributed by atoms with E-state index in [0.717, 1.165) is 6.42 Å². The molecule has 2 rings (SSSR count). The highest BCUT2D eigenvalue weighted by molar-refractivity contribution is 5.97. The molecule has 0 aromatic heterocycles. The summed E-state index contributed by atoms with van der Waals surface area (Å²) in [5.41, 5.74) is 0. The van der Waals surface area contributed by atoms with E-state index in [9.17, 15) is 9.59 Å². The average Bonchev–Trinajstić information content (AvgIpc) is 2.70. The molecule has 16 heavy (non-hydrogen) atoms. The van der Waals surface area contributed by atoms with E-state index in [4.69, 9.17) is 4.74 Å². The lowest BCUT2D eigenvalue weighted by Crippen LogP contribution is -2.57. The van der Waals surface area contributed by atoms with Crippen molar-refractivity contribution in [1.29, 1.82) is 0 Å². The summed E-state index contributed by atoms with van der Waals surface area (Å²) in [6.45, 7) is 5.61. The van der Waals surface area contributed by atoms with Gasteiger partial charge in [-0.05, 0) is 20.3 Å². The third kappa shape index (κ3) is 1.91. The lowest BCUT2D eigenvalue weighted by molar-refractivity contribution is -0.133. The van der Waals surface area contributed by atoms with Crippen LogP contribution in [0.25, 0.3) is 0 Å².